The van der Waals surface area contributed by atoms with Crippen LogP contribution in [0, 0.1) is 0 Å². The van der Waals surface area contributed by atoms with E-state index in [1.54, 1.807) is 18.2 Å². The molecule has 3 nitrogen and oxygen atoms in total. The molecule has 0 saturated carbocycles. The van der Waals surface area contributed by atoms with Crippen molar-refractivity contribution in [2.45, 2.75) is 29.8 Å². The zero-order valence-corrected chi connectivity index (χ0v) is 15.9. The number of alkyl halides is 7. The second kappa shape index (κ2) is 7.90. The molecule has 0 aliphatic rings. The van der Waals surface area contributed by atoms with Gasteiger partial charge in [0.2, 0.25) is 0 Å². The van der Waals surface area contributed by atoms with Gasteiger partial charge in [0.15, 0.2) is 12.4 Å². The van der Waals surface area contributed by atoms with Crippen LogP contribution in [-0.4, -0.2) is 40.2 Å². The highest BCUT2D eigenvalue weighted by atomic mass is 79.9. The number of hydrogen-bond acceptors (Lipinski definition) is 3. The van der Waals surface area contributed by atoms with Gasteiger partial charge in [-0.05, 0) is 24.0 Å². The average Bonchev–Trinajstić information content (AvgIpc) is 3.01. The molecular formula is C15H12BrF7N2OS. The Hall–Kier alpha value is -1.43. The molecule has 12 heteroatoms. The van der Waals surface area contributed by atoms with E-state index in [-0.39, 0.29) is 5.75 Å². The lowest BCUT2D eigenvalue weighted by atomic mass is 10.2. The molecule has 0 aliphatic carbocycles. The third kappa shape index (κ3) is 4.71. The molecule has 0 atom stereocenters. The molecule has 0 N–H and O–H groups in total. The fourth-order valence-electron chi connectivity index (χ4n) is 1.93. The lowest BCUT2D eigenvalue weighted by Gasteiger charge is -2.27. The summed E-state index contributed by atoms with van der Waals surface area (Å²) in [4.78, 5) is 0.787. The van der Waals surface area contributed by atoms with Crippen molar-refractivity contribution in [1.82, 2.24) is 9.78 Å². The highest BCUT2D eigenvalue weighted by Gasteiger charge is 2.73. The number of nitrogens with zero attached hydrogens (tertiary/aromatic N) is 2. The summed E-state index contributed by atoms with van der Waals surface area (Å²) in [5, 5.41) is 3.88. The van der Waals surface area contributed by atoms with Crippen molar-refractivity contribution >= 4 is 27.7 Å². The monoisotopic (exact) mass is 480 g/mol. The van der Waals surface area contributed by atoms with Crippen molar-refractivity contribution in [3.63, 3.8) is 0 Å². The van der Waals surface area contributed by atoms with Crippen molar-refractivity contribution in [2.75, 3.05) is 12.4 Å². The van der Waals surface area contributed by atoms with E-state index < -0.39 is 24.6 Å². The van der Waals surface area contributed by atoms with E-state index in [4.69, 9.17) is 0 Å². The van der Waals surface area contributed by atoms with Crippen LogP contribution in [0.25, 0.3) is 5.69 Å². The summed E-state index contributed by atoms with van der Waals surface area (Å²) < 4.78 is 95.2. The number of rotatable bonds is 7. The predicted molar refractivity (Wildman–Crippen MR) is 89.1 cm³/mol. The molecule has 0 bridgehead atoms. The molecule has 150 valence electrons. The molecule has 27 heavy (non-hydrogen) atoms. The minimum absolute atomic E-state index is 0.372. The SMILES string of the molecule is CCSc1cc(Br)ccc1-n1cc(OCC(F)(F)C(F)(F)C(F)(F)F)cn1. The van der Waals surface area contributed by atoms with Gasteiger partial charge in [-0.25, -0.2) is 4.68 Å². The molecule has 0 fully saturated rings. The first-order valence-electron chi connectivity index (χ1n) is 7.31. The van der Waals surface area contributed by atoms with E-state index in [1.165, 1.54) is 16.4 Å². The molecule has 2 aromatic rings. The second-order valence-electron chi connectivity index (χ2n) is 5.23. The van der Waals surface area contributed by atoms with E-state index in [0.717, 1.165) is 27.5 Å². The van der Waals surface area contributed by atoms with Gasteiger partial charge in [-0.15, -0.1) is 11.8 Å². The van der Waals surface area contributed by atoms with Crippen molar-refractivity contribution < 1.29 is 35.5 Å². The predicted octanol–water partition coefficient (Wildman–Crippen LogP) is 5.96. The fourth-order valence-corrected chi connectivity index (χ4v) is 3.28. The highest BCUT2D eigenvalue weighted by molar-refractivity contribution is 9.10. The quantitative estimate of drug-likeness (QED) is 0.361. The number of aromatic nitrogens is 2. The van der Waals surface area contributed by atoms with Crippen LogP contribution in [-0.2, 0) is 0 Å². The maximum absolute atomic E-state index is 13.3. The van der Waals surface area contributed by atoms with E-state index in [0.29, 0.717) is 5.69 Å². The van der Waals surface area contributed by atoms with Gasteiger partial charge in [-0.1, -0.05) is 22.9 Å². The Labute approximate surface area is 162 Å². The normalized spacial score (nSPS) is 13.1. The number of benzene rings is 1. The van der Waals surface area contributed by atoms with Gasteiger partial charge in [0, 0.05) is 9.37 Å². The zero-order chi connectivity index (χ0) is 20.5. The van der Waals surface area contributed by atoms with E-state index >= 15 is 0 Å². The van der Waals surface area contributed by atoms with Gasteiger partial charge in [0.25, 0.3) is 0 Å². The number of ether oxygens (including phenoxy) is 1. The smallest absolute Gasteiger partial charge is 0.460 e. The Kier molecular flexibility index (Phi) is 6.40. The minimum atomic E-state index is -6.40. The fraction of sp³-hybridized carbons (Fsp3) is 0.400. The topological polar surface area (TPSA) is 27.1 Å². The molecular weight excluding hydrogens is 469 g/mol. The Morgan fingerprint density at radius 3 is 2.41 bits per heavy atom. The van der Waals surface area contributed by atoms with Crippen LogP contribution in [0.15, 0.2) is 40.0 Å². The Morgan fingerprint density at radius 1 is 1.15 bits per heavy atom. The van der Waals surface area contributed by atoms with E-state index in [1.807, 2.05) is 6.92 Å². The second-order valence-corrected chi connectivity index (χ2v) is 7.45. The zero-order valence-electron chi connectivity index (χ0n) is 13.5. The molecule has 0 amide bonds. The Bertz CT molecular complexity index is 795. The molecule has 2 rings (SSSR count). The molecule has 0 spiro atoms. The molecule has 1 heterocycles. The Morgan fingerprint density at radius 2 is 1.81 bits per heavy atom. The molecule has 0 aliphatic heterocycles. The van der Waals surface area contributed by atoms with Crippen molar-refractivity contribution in [3.8, 4) is 11.4 Å². The molecule has 0 saturated heterocycles. The first kappa shape index (κ1) is 21.9. The van der Waals surface area contributed by atoms with E-state index in [2.05, 4.69) is 25.8 Å². The molecule has 0 unspecified atom stereocenters. The van der Waals surface area contributed by atoms with Gasteiger partial charge in [-0.3, -0.25) is 0 Å². The van der Waals surface area contributed by atoms with Gasteiger partial charge < -0.3 is 4.74 Å². The van der Waals surface area contributed by atoms with Gasteiger partial charge in [0.05, 0.1) is 18.1 Å². The average molecular weight is 481 g/mol. The van der Waals surface area contributed by atoms with Crippen LogP contribution >= 0.6 is 27.7 Å². The standard InChI is InChI=1S/C15H12BrF7N2OS/c1-2-27-12-5-9(16)3-4-11(12)25-7-10(6-24-25)26-8-13(17,18)14(19,20)15(21,22)23/h3-7H,2,8H2,1H3. The highest BCUT2D eigenvalue weighted by Crippen LogP contribution is 2.46. The largest absolute Gasteiger partial charge is 0.484 e. The summed E-state index contributed by atoms with van der Waals surface area (Å²) in [5.74, 6) is -11.3. The number of halogens is 8. The van der Waals surface area contributed by atoms with Crippen LogP contribution in [0.4, 0.5) is 30.7 Å². The molecule has 0 radical (unpaired) electrons. The summed E-state index contributed by atoms with van der Waals surface area (Å²) in [6, 6.07) is 5.17. The molecule has 1 aromatic carbocycles. The maximum Gasteiger partial charge on any atom is 0.460 e. The van der Waals surface area contributed by atoms with Crippen molar-refractivity contribution in [2.24, 2.45) is 0 Å². The number of thioether (sulfide) groups is 1. The Balaban J connectivity index is 2.18. The summed E-state index contributed by atoms with van der Waals surface area (Å²) >= 11 is 4.78. The third-order valence-electron chi connectivity index (χ3n) is 3.26. The first-order valence-corrected chi connectivity index (χ1v) is 9.09. The molecule has 1 aromatic heterocycles. The maximum atomic E-state index is 13.3. The van der Waals surface area contributed by atoms with Crippen molar-refractivity contribution in [1.29, 1.82) is 0 Å². The van der Waals surface area contributed by atoms with Crippen LogP contribution in [0.1, 0.15) is 6.92 Å². The lowest BCUT2D eigenvalue weighted by molar-refractivity contribution is -0.358. The summed E-state index contributed by atoms with van der Waals surface area (Å²) in [5.41, 5.74) is 0.562. The summed E-state index contributed by atoms with van der Waals surface area (Å²) in [6.07, 6.45) is -4.33. The van der Waals surface area contributed by atoms with Gasteiger partial charge in [0.1, 0.15) is 0 Å². The van der Waals surface area contributed by atoms with Crippen molar-refractivity contribution in [3.05, 3.63) is 35.1 Å². The number of hydrogen-bond donors (Lipinski definition) is 0. The minimum Gasteiger partial charge on any atom is -0.484 e. The van der Waals surface area contributed by atoms with Crippen LogP contribution in [0.5, 0.6) is 5.75 Å². The van der Waals surface area contributed by atoms with Gasteiger partial charge in [-0.2, -0.15) is 35.8 Å². The summed E-state index contributed by atoms with van der Waals surface area (Å²) in [6.45, 7) is -0.238. The van der Waals surface area contributed by atoms with Crippen LogP contribution < -0.4 is 4.74 Å². The lowest BCUT2D eigenvalue weighted by Crippen LogP contribution is -2.54. The van der Waals surface area contributed by atoms with E-state index in [9.17, 15) is 30.7 Å². The third-order valence-corrected chi connectivity index (χ3v) is 4.68. The first-order chi connectivity index (χ1) is 12.4. The van der Waals surface area contributed by atoms with Crippen LogP contribution in [0.3, 0.4) is 0 Å². The van der Waals surface area contributed by atoms with Crippen LogP contribution in [0.2, 0.25) is 0 Å². The summed E-state index contributed by atoms with van der Waals surface area (Å²) in [7, 11) is 0. The van der Waals surface area contributed by atoms with Gasteiger partial charge >= 0.3 is 18.0 Å².